The van der Waals surface area contributed by atoms with Gasteiger partial charge in [0.15, 0.2) is 5.16 Å². The summed E-state index contributed by atoms with van der Waals surface area (Å²) in [7, 11) is -3.87. The number of H-pyrrole nitrogens is 1. The van der Waals surface area contributed by atoms with Crippen molar-refractivity contribution < 1.29 is 18.3 Å². The van der Waals surface area contributed by atoms with E-state index in [-0.39, 0.29) is 28.3 Å². The number of nitrogens with zero attached hydrogens (tertiary/aromatic N) is 3. The molecule has 11 nitrogen and oxygen atoms in total. The van der Waals surface area contributed by atoms with Crippen molar-refractivity contribution in [1.29, 1.82) is 0 Å². The van der Waals surface area contributed by atoms with Crippen molar-refractivity contribution in [3.05, 3.63) is 58.6 Å². The standard InChI is InChI=1S/C18H18N6O5S2/c1-11-6-8-19-17(20-11)24-31(28,29)13-4-2-12(3-5-13)21-14(25)7-9-30-18-22-15(26)10-16(27)23-18/h2-6,8,10H,7,9H2,1H3,(H,21,25)(H,19,20,24)(H2,22,23,26,27). The minimum Gasteiger partial charge on any atom is -0.493 e. The summed E-state index contributed by atoms with van der Waals surface area (Å²) in [5.74, 6) is -0.422. The molecule has 0 atom stereocenters. The molecule has 31 heavy (non-hydrogen) atoms. The summed E-state index contributed by atoms with van der Waals surface area (Å²) in [5.41, 5.74) is 0.553. The number of carbonyl (C=O) groups excluding carboxylic acids is 1. The molecule has 4 N–H and O–H groups in total. The largest absolute Gasteiger partial charge is 0.493 e. The van der Waals surface area contributed by atoms with Crippen molar-refractivity contribution in [3.8, 4) is 5.88 Å². The van der Waals surface area contributed by atoms with Crippen LogP contribution >= 0.6 is 11.8 Å². The molecule has 0 unspecified atom stereocenters. The van der Waals surface area contributed by atoms with Gasteiger partial charge in [-0.25, -0.2) is 23.1 Å². The second kappa shape index (κ2) is 9.57. The summed E-state index contributed by atoms with van der Waals surface area (Å²) in [6.07, 6.45) is 1.56. The summed E-state index contributed by atoms with van der Waals surface area (Å²) in [6, 6.07) is 8.22. The highest BCUT2D eigenvalue weighted by Gasteiger charge is 2.16. The predicted octanol–water partition coefficient (Wildman–Crippen LogP) is 1.50. The van der Waals surface area contributed by atoms with Crippen LogP contribution in [0.4, 0.5) is 11.6 Å². The molecule has 0 saturated carbocycles. The predicted molar refractivity (Wildman–Crippen MR) is 115 cm³/mol. The van der Waals surface area contributed by atoms with Crippen molar-refractivity contribution in [3.63, 3.8) is 0 Å². The zero-order valence-corrected chi connectivity index (χ0v) is 17.8. The third-order valence-corrected chi connectivity index (χ3v) is 5.96. The molecule has 162 valence electrons. The molecule has 0 aliphatic rings. The molecule has 1 amide bonds. The van der Waals surface area contributed by atoms with Gasteiger partial charge in [-0.1, -0.05) is 11.8 Å². The number of anilines is 2. The van der Waals surface area contributed by atoms with Gasteiger partial charge in [-0.3, -0.25) is 9.59 Å². The summed E-state index contributed by atoms with van der Waals surface area (Å²) < 4.78 is 27.2. The van der Waals surface area contributed by atoms with Gasteiger partial charge in [0.1, 0.15) is 0 Å². The van der Waals surface area contributed by atoms with Crippen molar-refractivity contribution >= 4 is 39.3 Å². The third kappa shape index (κ3) is 6.52. The minimum absolute atomic E-state index is 0.00919. The fourth-order valence-corrected chi connectivity index (χ4v) is 4.11. The highest BCUT2D eigenvalue weighted by atomic mass is 32.2. The van der Waals surface area contributed by atoms with Crippen LogP contribution in [0.25, 0.3) is 0 Å². The fourth-order valence-electron chi connectivity index (χ4n) is 2.35. The van der Waals surface area contributed by atoms with Crippen LogP contribution in [-0.4, -0.2) is 45.1 Å². The first-order valence-corrected chi connectivity index (χ1v) is 11.3. The first kappa shape index (κ1) is 22.2. The lowest BCUT2D eigenvalue weighted by atomic mass is 10.3. The second-order valence-electron chi connectivity index (χ2n) is 6.21. The smallest absolute Gasteiger partial charge is 0.264 e. The average molecular weight is 463 g/mol. The SMILES string of the molecule is Cc1ccnc(NS(=O)(=O)c2ccc(NC(=O)CCSc3nc(O)cc(=O)[nH]3)cc2)n1. The lowest BCUT2D eigenvalue weighted by molar-refractivity contribution is -0.115. The van der Waals surface area contributed by atoms with Crippen molar-refractivity contribution in [2.45, 2.75) is 23.4 Å². The van der Waals surface area contributed by atoms with E-state index >= 15 is 0 Å². The van der Waals surface area contributed by atoms with Gasteiger partial charge in [-0.2, -0.15) is 4.98 Å². The summed E-state index contributed by atoms with van der Waals surface area (Å²) in [4.78, 5) is 37.4. The van der Waals surface area contributed by atoms with Crippen LogP contribution in [0, 0.1) is 6.92 Å². The Morgan fingerprint density at radius 1 is 1.19 bits per heavy atom. The number of sulfonamides is 1. The molecule has 2 aromatic heterocycles. The van der Waals surface area contributed by atoms with E-state index in [4.69, 9.17) is 0 Å². The second-order valence-corrected chi connectivity index (χ2v) is 8.97. The number of benzene rings is 1. The van der Waals surface area contributed by atoms with E-state index in [9.17, 15) is 23.1 Å². The number of hydrogen-bond donors (Lipinski definition) is 4. The van der Waals surface area contributed by atoms with Gasteiger partial charge in [-0.15, -0.1) is 0 Å². The van der Waals surface area contributed by atoms with Crippen LogP contribution in [-0.2, 0) is 14.8 Å². The fraction of sp³-hybridized carbons (Fsp3) is 0.167. The van der Waals surface area contributed by atoms with Crippen LogP contribution in [0.3, 0.4) is 0 Å². The highest BCUT2D eigenvalue weighted by molar-refractivity contribution is 7.99. The molecule has 3 aromatic rings. The Balaban J connectivity index is 1.54. The molecule has 13 heteroatoms. The molecule has 0 radical (unpaired) electrons. The van der Waals surface area contributed by atoms with Gasteiger partial charge in [0.05, 0.1) is 11.0 Å². The molecule has 0 saturated heterocycles. The van der Waals surface area contributed by atoms with E-state index in [0.717, 1.165) is 17.8 Å². The molecule has 0 fully saturated rings. The zero-order chi connectivity index (χ0) is 22.4. The normalized spacial score (nSPS) is 11.1. The van der Waals surface area contributed by atoms with E-state index in [0.29, 0.717) is 17.1 Å². The van der Waals surface area contributed by atoms with Crippen molar-refractivity contribution in [2.75, 3.05) is 15.8 Å². The Morgan fingerprint density at radius 2 is 1.94 bits per heavy atom. The maximum Gasteiger partial charge on any atom is 0.264 e. The number of amides is 1. The molecular weight excluding hydrogens is 444 g/mol. The van der Waals surface area contributed by atoms with Gasteiger partial charge in [0, 0.05) is 29.8 Å². The molecule has 0 aliphatic heterocycles. The summed E-state index contributed by atoms with van der Waals surface area (Å²) in [5, 5.41) is 12.2. The maximum atomic E-state index is 12.4. The number of aryl methyl sites for hydroxylation is 1. The molecule has 3 rings (SSSR count). The minimum atomic E-state index is -3.87. The maximum absolute atomic E-state index is 12.4. The van der Waals surface area contributed by atoms with Crippen molar-refractivity contribution in [2.24, 2.45) is 0 Å². The molecular formula is C18H18N6O5S2. The topological polar surface area (TPSA) is 167 Å². The van der Waals surface area contributed by atoms with Gasteiger partial charge in [0.2, 0.25) is 17.7 Å². The Hall–Kier alpha value is -3.45. The lowest BCUT2D eigenvalue weighted by Crippen LogP contribution is -2.16. The van der Waals surface area contributed by atoms with Crippen LogP contribution in [0.2, 0.25) is 0 Å². The van der Waals surface area contributed by atoms with Crippen LogP contribution in [0.1, 0.15) is 12.1 Å². The number of aromatic amines is 1. The molecule has 0 spiro atoms. The van der Waals surface area contributed by atoms with E-state index in [1.807, 2.05) is 0 Å². The van der Waals surface area contributed by atoms with Crippen molar-refractivity contribution in [1.82, 2.24) is 19.9 Å². The number of aromatic hydroxyl groups is 1. The van der Waals surface area contributed by atoms with E-state index in [2.05, 4.69) is 30.0 Å². The van der Waals surface area contributed by atoms with E-state index < -0.39 is 21.5 Å². The first-order chi connectivity index (χ1) is 14.7. The number of nitrogens with one attached hydrogen (secondary N) is 3. The van der Waals surface area contributed by atoms with Crippen LogP contribution < -0.4 is 15.6 Å². The lowest BCUT2D eigenvalue weighted by Gasteiger charge is -2.09. The number of thioether (sulfide) groups is 1. The van der Waals surface area contributed by atoms with Gasteiger partial charge in [0.25, 0.3) is 15.6 Å². The number of carbonyl (C=O) groups is 1. The monoisotopic (exact) mass is 462 g/mol. The Labute approximate surface area is 181 Å². The first-order valence-electron chi connectivity index (χ1n) is 8.87. The summed E-state index contributed by atoms with van der Waals surface area (Å²) >= 11 is 1.11. The molecule has 1 aromatic carbocycles. The molecule has 0 bridgehead atoms. The number of rotatable bonds is 8. The molecule has 2 heterocycles. The highest BCUT2D eigenvalue weighted by Crippen LogP contribution is 2.18. The average Bonchev–Trinajstić information content (AvgIpc) is 2.67. The van der Waals surface area contributed by atoms with Gasteiger partial charge < -0.3 is 15.4 Å². The molecule has 0 aliphatic carbocycles. The number of hydrogen-bond acceptors (Lipinski definition) is 9. The number of aromatic nitrogens is 4. The zero-order valence-electron chi connectivity index (χ0n) is 16.2. The van der Waals surface area contributed by atoms with Gasteiger partial charge in [-0.05, 0) is 37.3 Å². The van der Waals surface area contributed by atoms with Gasteiger partial charge >= 0.3 is 0 Å². The van der Waals surface area contributed by atoms with E-state index in [1.54, 1.807) is 13.0 Å². The van der Waals surface area contributed by atoms with Crippen LogP contribution in [0.5, 0.6) is 5.88 Å². The quantitative estimate of drug-likeness (QED) is 0.286. The Kier molecular flexibility index (Phi) is 6.87. The van der Waals surface area contributed by atoms with Crippen LogP contribution in [0.15, 0.2) is 57.4 Å². The Bertz CT molecular complexity index is 1240. The Morgan fingerprint density at radius 3 is 2.61 bits per heavy atom. The third-order valence-electron chi connectivity index (χ3n) is 3.74. The summed E-state index contributed by atoms with van der Waals surface area (Å²) in [6.45, 7) is 1.72. The van der Waals surface area contributed by atoms with E-state index in [1.165, 1.54) is 30.5 Å².